The van der Waals surface area contributed by atoms with Gasteiger partial charge in [0, 0.05) is 14.2 Å². The van der Waals surface area contributed by atoms with Crippen molar-refractivity contribution in [3.8, 4) is 5.75 Å². The largest absolute Gasteiger partial charge is 0.480 e. The Morgan fingerprint density at radius 1 is 1.23 bits per heavy atom. The van der Waals surface area contributed by atoms with E-state index < -0.39 is 17.7 Å². The average Bonchev–Trinajstić information content (AvgIpc) is 2.67. The second kappa shape index (κ2) is 7.43. The third kappa shape index (κ3) is 3.43. The van der Waals surface area contributed by atoms with Crippen molar-refractivity contribution in [2.75, 3.05) is 14.2 Å². The van der Waals surface area contributed by atoms with Gasteiger partial charge in [-0.25, -0.2) is 4.39 Å². The quantitative estimate of drug-likeness (QED) is 0.833. The number of carbonyl (C=O) groups excluding carboxylic acids is 1. The van der Waals surface area contributed by atoms with Gasteiger partial charge in [-0.3, -0.25) is 4.79 Å². The molecule has 2 aromatic carbocycles. The summed E-state index contributed by atoms with van der Waals surface area (Å²) in [6.07, 6.45) is -0.705. The number of halogens is 1. The molecule has 0 aliphatic carbocycles. The third-order valence-electron chi connectivity index (χ3n) is 4.69. The fourth-order valence-electron chi connectivity index (χ4n) is 3.20. The number of hydrogen-bond donors (Lipinski definition) is 1. The van der Waals surface area contributed by atoms with Crippen LogP contribution in [0.15, 0.2) is 48.5 Å². The predicted octanol–water partition coefficient (Wildman–Crippen LogP) is 3.30. The fourth-order valence-corrected chi connectivity index (χ4v) is 3.20. The van der Waals surface area contributed by atoms with Crippen molar-refractivity contribution in [1.29, 1.82) is 0 Å². The van der Waals surface area contributed by atoms with E-state index in [2.05, 4.69) is 5.32 Å². The van der Waals surface area contributed by atoms with Crippen LogP contribution in [0.25, 0.3) is 0 Å². The second-order valence-electron chi connectivity index (χ2n) is 6.25. The summed E-state index contributed by atoms with van der Waals surface area (Å²) in [7, 11) is 2.93. The number of fused-ring (bicyclic) bond motifs is 1. The van der Waals surface area contributed by atoms with E-state index in [9.17, 15) is 9.18 Å². The second-order valence-corrected chi connectivity index (χ2v) is 6.25. The van der Waals surface area contributed by atoms with Crippen molar-refractivity contribution < 1.29 is 23.4 Å². The molecule has 0 aromatic heterocycles. The van der Waals surface area contributed by atoms with Crippen LogP contribution in [-0.2, 0) is 20.1 Å². The maximum atomic E-state index is 13.7. The maximum Gasteiger partial charge on any atom is 0.261 e. The lowest BCUT2D eigenvalue weighted by molar-refractivity contribution is -0.238. The van der Waals surface area contributed by atoms with Crippen LogP contribution in [0.2, 0.25) is 0 Å². The minimum Gasteiger partial charge on any atom is -0.480 e. The molecule has 0 saturated heterocycles. The van der Waals surface area contributed by atoms with Crippen molar-refractivity contribution in [1.82, 2.24) is 5.32 Å². The lowest BCUT2D eigenvalue weighted by Crippen LogP contribution is -2.48. The van der Waals surface area contributed by atoms with E-state index in [4.69, 9.17) is 14.2 Å². The minimum absolute atomic E-state index is 0.115. The van der Waals surface area contributed by atoms with E-state index in [1.54, 1.807) is 0 Å². The molecule has 1 aliphatic rings. The van der Waals surface area contributed by atoms with Gasteiger partial charge in [0.15, 0.2) is 6.10 Å². The van der Waals surface area contributed by atoms with Crippen LogP contribution in [-0.4, -0.2) is 26.2 Å². The van der Waals surface area contributed by atoms with Crippen LogP contribution in [0, 0.1) is 5.82 Å². The zero-order valence-electron chi connectivity index (χ0n) is 15.0. The molecule has 3 rings (SSSR count). The normalized spacial score (nSPS) is 19.2. The van der Waals surface area contributed by atoms with Gasteiger partial charge in [-0.1, -0.05) is 30.3 Å². The Morgan fingerprint density at radius 2 is 1.92 bits per heavy atom. The SMILES string of the molecule is COC1(OC)C[C@@H](C(=O)N[C@@H](C)c2ccccc2)Oc2ccc(F)cc21. The summed E-state index contributed by atoms with van der Waals surface area (Å²) in [4.78, 5) is 12.8. The van der Waals surface area contributed by atoms with E-state index in [0.717, 1.165) is 5.56 Å². The highest BCUT2D eigenvalue weighted by Gasteiger charge is 2.45. The fraction of sp³-hybridized carbons (Fsp3) is 0.350. The van der Waals surface area contributed by atoms with Gasteiger partial charge in [0.25, 0.3) is 5.91 Å². The lowest BCUT2D eigenvalue weighted by Gasteiger charge is -2.39. The number of ether oxygens (including phenoxy) is 3. The van der Waals surface area contributed by atoms with Gasteiger partial charge in [0.2, 0.25) is 5.79 Å². The highest BCUT2D eigenvalue weighted by atomic mass is 19.1. The van der Waals surface area contributed by atoms with E-state index >= 15 is 0 Å². The first-order valence-corrected chi connectivity index (χ1v) is 8.41. The van der Waals surface area contributed by atoms with Crippen LogP contribution >= 0.6 is 0 Å². The van der Waals surface area contributed by atoms with Gasteiger partial charge in [0.05, 0.1) is 18.0 Å². The first-order valence-electron chi connectivity index (χ1n) is 8.41. The monoisotopic (exact) mass is 359 g/mol. The van der Waals surface area contributed by atoms with Crippen molar-refractivity contribution >= 4 is 5.91 Å². The smallest absolute Gasteiger partial charge is 0.261 e. The Kier molecular flexibility index (Phi) is 5.25. The first kappa shape index (κ1) is 18.4. The number of benzene rings is 2. The molecule has 0 saturated carbocycles. The molecule has 2 atom stereocenters. The Morgan fingerprint density at radius 3 is 2.58 bits per heavy atom. The first-order chi connectivity index (χ1) is 12.5. The van der Waals surface area contributed by atoms with Crippen molar-refractivity contribution in [2.24, 2.45) is 0 Å². The molecule has 1 aliphatic heterocycles. The highest BCUT2D eigenvalue weighted by molar-refractivity contribution is 5.82. The number of amides is 1. The molecule has 1 heterocycles. The molecule has 5 nitrogen and oxygen atoms in total. The van der Waals surface area contributed by atoms with Crippen LogP contribution < -0.4 is 10.1 Å². The molecule has 0 unspecified atom stereocenters. The van der Waals surface area contributed by atoms with Gasteiger partial charge in [-0.05, 0) is 30.7 Å². The third-order valence-corrected chi connectivity index (χ3v) is 4.69. The Balaban J connectivity index is 1.83. The van der Waals surface area contributed by atoms with Gasteiger partial charge < -0.3 is 19.5 Å². The molecule has 1 N–H and O–H groups in total. The summed E-state index contributed by atoms with van der Waals surface area (Å²) in [5, 5.41) is 2.94. The minimum atomic E-state index is -1.24. The summed E-state index contributed by atoms with van der Waals surface area (Å²) in [5.74, 6) is -1.58. The van der Waals surface area contributed by atoms with Crippen LogP contribution in [0.5, 0.6) is 5.75 Å². The average molecular weight is 359 g/mol. The predicted molar refractivity (Wildman–Crippen MR) is 94.1 cm³/mol. The Hall–Kier alpha value is -2.44. The molecular weight excluding hydrogens is 337 g/mol. The molecule has 6 heteroatoms. The van der Waals surface area contributed by atoms with E-state index in [1.165, 1.54) is 32.4 Å². The molecule has 2 aromatic rings. The summed E-state index contributed by atoms with van der Waals surface area (Å²) >= 11 is 0. The number of hydrogen-bond acceptors (Lipinski definition) is 4. The van der Waals surface area contributed by atoms with Crippen LogP contribution in [0.1, 0.15) is 30.5 Å². The Labute approximate surface area is 152 Å². The topological polar surface area (TPSA) is 56.8 Å². The molecule has 1 amide bonds. The molecule has 0 fully saturated rings. The maximum absolute atomic E-state index is 13.7. The van der Waals surface area contributed by atoms with Crippen LogP contribution in [0.3, 0.4) is 0 Å². The van der Waals surface area contributed by atoms with Gasteiger partial charge in [-0.2, -0.15) is 0 Å². The van der Waals surface area contributed by atoms with Gasteiger partial charge >= 0.3 is 0 Å². The lowest BCUT2D eigenvalue weighted by atomic mass is 9.94. The number of nitrogens with one attached hydrogen (secondary N) is 1. The molecule has 138 valence electrons. The molecule has 0 radical (unpaired) electrons. The summed E-state index contributed by atoms with van der Waals surface area (Å²) in [6, 6.07) is 13.5. The van der Waals surface area contributed by atoms with Crippen molar-refractivity contribution in [2.45, 2.75) is 31.3 Å². The zero-order chi connectivity index (χ0) is 18.7. The van der Waals surface area contributed by atoms with Crippen molar-refractivity contribution in [3.63, 3.8) is 0 Å². The van der Waals surface area contributed by atoms with Crippen LogP contribution in [0.4, 0.5) is 4.39 Å². The zero-order valence-corrected chi connectivity index (χ0v) is 15.0. The highest BCUT2D eigenvalue weighted by Crippen LogP contribution is 2.42. The molecular formula is C20H22FNO4. The van der Waals surface area contributed by atoms with E-state index in [-0.39, 0.29) is 18.4 Å². The number of carbonyl (C=O) groups is 1. The standard InChI is InChI=1S/C20H22FNO4/c1-13(14-7-5-4-6-8-14)22-19(23)18-12-20(24-2,25-3)16-11-15(21)9-10-17(16)26-18/h4-11,13,18H,12H2,1-3H3,(H,22,23)/t13-,18-/m0/s1. The summed E-state index contributed by atoms with van der Waals surface area (Å²) in [5.41, 5.74) is 1.42. The molecule has 0 spiro atoms. The summed E-state index contributed by atoms with van der Waals surface area (Å²) in [6.45, 7) is 1.90. The van der Waals surface area contributed by atoms with E-state index in [0.29, 0.717) is 11.3 Å². The molecule has 0 bridgehead atoms. The molecule has 26 heavy (non-hydrogen) atoms. The Bertz CT molecular complexity index is 777. The number of methoxy groups -OCH3 is 2. The van der Waals surface area contributed by atoms with Gasteiger partial charge in [0.1, 0.15) is 11.6 Å². The van der Waals surface area contributed by atoms with Gasteiger partial charge in [-0.15, -0.1) is 0 Å². The number of rotatable bonds is 5. The van der Waals surface area contributed by atoms with Crippen molar-refractivity contribution in [3.05, 3.63) is 65.5 Å². The summed E-state index contributed by atoms with van der Waals surface area (Å²) < 4.78 is 30.5. The van der Waals surface area contributed by atoms with E-state index in [1.807, 2.05) is 37.3 Å².